The molecule has 3 aromatic heterocycles. The fourth-order valence-electron chi connectivity index (χ4n) is 3.27. The third-order valence-corrected chi connectivity index (χ3v) is 4.99. The first-order chi connectivity index (χ1) is 14.0. The predicted octanol–water partition coefficient (Wildman–Crippen LogP) is 2.11. The smallest absolute Gasteiger partial charge is 0.254 e. The fraction of sp³-hybridized carbons (Fsp3) is 0.350. The molecular weight excluding hydrogens is 375 g/mol. The lowest BCUT2D eigenvalue weighted by atomic mass is 10.0. The van der Waals surface area contributed by atoms with Crippen LogP contribution in [0.3, 0.4) is 0 Å². The van der Waals surface area contributed by atoms with Gasteiger partial charge in [0.2, 0.25) is 5.88 Å². The normalized spacial score (nSPS) is 13.3. The van der Waals surface area contributed by atoms with Gasteiger partial charge in [-0.05, 0) is 43.5 Å². The molecule has 29 heavy (non-hydrogen) atoms. The zero-order chi connectivity index (χ0) is 20.4. The van der Waals surface area contributed by atoms with E-state index in [1.807, 2.05) is 32.0 Å². The summed E-state index contributed by atoms with van der Waals surface area (Å²) < 4.78 is 20.2. The Bertz CT molecular complexity index is 1030. The molecule has 4 rings (SSSR count). The van der Waals surface area contributed by atoms with Crippen LogP contribution >= 0.6 is 0 Å². The number of carbonyl (C=O) groups excluding carboxylic acids is 1. The van der Waals surface area contributed by atoms with Gasteiger partial charge in [-0.3, -0.25) is 9.78 Å². The van der Waals surface area contributed by atoms with E-state index in [1.165, 1.54) is 4.90 Å². The van der Waals surface area contributed by atoms with Gasteiger partial charge in [0.25, 0.3) is 5.91 Å². The molecule has 0 fully saturated rings. The van der Waals surface area contributed by atoms with E-state index >= 15 is 0 Å². The van der Waals surface area contributed by atoms with Crippen LogP contribution < -0.4 is 4.74 Å². The Morgan fingerprint density at radius 1 is 1.21 bits per heavy atom. The SMILES string of the molecule is Cc1ccc(-n2nnc(C)c2COc2cc3c(cn2)CN(C(=O)CF)CC3)cn1. The second-order valence-corrected chi connectivity index (χ2v) is 6.97. The Hall–Kier alpha value is -3.36. The first-order valence-corrected chi connectivity index (χ1v) is 9.33. The van der Waals surface area contributed by atoms with Crippen LogP contribution in [0.5, 0.6) is 5.88 Å². The maximum atomic E-state index is 12.6. The summed E-state index contributed by atoms with van der Waals surface area (Å²) in [4.78, 5) is 21.7. The van der Waals surface area contributed by atoms with Crippen LogP contribution in [0, 0.1) is 13.8 Å². The highest BCUT2D eigenvalue weighted by Gasteiger charge is 2.21. The molecule has 1 amide bonds. The van der Waals surface area contributed by atoms with E-state index in [4.69, 9.17) is 4.74 Å². The van der Waals surface area contributed by atoms with Crippen molar-refractivity contribution in [3.8, 4) is 11.6 Å². The number of alkyl halides is 1. The minimum absolute atomic E-state index is 0.255. The number of hydrogen-bond acceptors (Lipinski definition) is 6. The summed E-state index contributed by atoms with van der Waals surface area (Å²) in [5.41, 5.74) is 5.29. The number of halogens is 1. The number of aryl methyl sites for hydroxylation is 2. The zero-order valence-electron chi connectivity index (χ0n) is 16.3. The first-order valence-electron chi connectivity index (χ1n) is 9.33. The summed E-state index contributed by atoms with van der Waals surface area (Å²) in [5.74, 6) is 0.000934. The maximum Gasteiger partial charge on any atom is 0.254 e. The van der Waals surface area contributed by atoms with E-state index in [1.54, 1.807) is 17.1 Å². The van der Waals surface area contributed by atoms with Crippen molar-refractivity contribution in [2.75, 3.05) is 13.2 Å². The average molecular weight is 396 g/mol. The molecule has 1 aliphatic heterocycles. The Balaban J connectivity index is 1.49. The molecule has 0 aliphatic carbocycles. The molecule has 0 spiro atoms. The van der Waals surface area contributed by atoms with Gasteiger partial charge < -0.3 is 9.64 Å². The largest absolute Gasteiger partial charge is 0.471 e. The number of fused-ring (bicyclic) bond motifs is 1. The zero-order valence-corrected chi connectivity index (χ0v) is 16.3. The standard InChI is InChI=1S/C20H21FN6O2/c1-13-3-4-17(10-22-13)27-18(14(2)24-25-27)12-29-19-7-15-5-6-26(20(28)8-21)11-16(15)9-23-19/h3-4,7,9-10H,5-6,8,11-12H2,1-2H3. The van der Waals surface area contributed by atoms with Crippen molar-refractivity contribution in [3.05, 3.63) is 58.8 Å². The Labute approximate surface area is 167 Å². The van der Waals surface area contributed by atoms with Crippen molar-refractivity contribution in [3.63, 3.8) is 0 Å². The molecule has 4 heterocycles. The molecular formula is C20H21FN6O2. The van der Waals surface area contributed by atoms with Crippen LogP contribution in [0.2, 0.25) is 0 Å². The Kier molecular flexibility index (Phi) is 5.20. The van der Waals surface area contributed by atoms with Gasteiger partial charge in [0.1, 0.15) is 12.3 Å². The number of rotatable bonds is 5. The molecule has 150 valence electrons. The topological polar surface area (TPSA) is 86.0 Å². The number of amides is 1. The average Bonchev–Trinajstić information content (AvgIpc) is 3.12. The fourth-order valence-corrected chi connectivity index (χ4v) is 3.27. The van der Waals surface area contributed by atoms with Gasteiger partial charge in [-0.25, -0.2) is 14.1 Å². The van der Waals surface area contributed by atoms with Crippen molar-refractivity contribution in [2.45, 2.75) is 33.4 Å². The summed E-state index contributed by atoms with van der Waals surface area (Å²) in [6.07, 6.45) is 4.08. The van der Waals surface area contributed by atoms with E-state index in [-0.39, 0.29) is 6.61 Å². The molecule has 1 aliphatic rings. The number of hydrogen-bond donors (Lipinski definition) is 0. The minimum atomic E-state index is -0.971. The summed E-state index contributed by atoms with van der Waals surface area (Å²) in [6, 6.07) is 5.73. The highest BCUT2D eigenvalue weighted by atomic mass is 19.1. The lowest BCUT2D eigenvalue weighted by Crippen LogP contribution is -2.36. The predicted molar refractivity (Wildman–Crippen MR) is 102 cm³/mol. The highest BCUT2D eigenvalue weighted by Crippen LogP contribution is 2.23. The Morgan fingerprint density at radius 3 is 2.83 bits per heavy atom. The van der Waals surface area contributed by atoms with E-state index < -0.39 is 12.6 Å². The van der Waals surface area contributed by atoms with Crippen LogP contribution in [0.15, 0.2) is 30.6 Å². The second kappa shape index (κ2) is 7.94. The van der Waals surface area contributed by atoms with Crippen LogP contribution in [-0.2, 0) is 24.4 Å². The molecule has 9 heteroatoms. The van der Waals surface area contributed by atoms with Crippen molar-refractivity contribution in [1.82, 2.24) is 29.9 Å². The number of nitrogens with zero attached hydrogens (tertiary/aromatic N) is 6. The number of pyridine rings is 2. The monoisotopic (exact) mass is 396 g/mol. The van der Waals surface area contributed by atoms with Crippen LogP contribution in [0.4, 0.5) is 4.39 Å². The molecule has 8 nitrogen and oxygen atoms in total. The number of carbonyl (C=O) groups is 1. The van der Waals surface area contributed by atoms with Crippen molar-refractivity contribution < 1.29 is 13.9 Å². The summed E-state index contributed by atoms with van der Waals surface area (Å²) in [7, 11) is 0. The quantitative estimate of drug-likeness (QED) is 0.657. The van der Waals surface area contributed by atoms with E-state index in [0.717, 1.165) is 33.9 Å². The molecule has 0 aromatic carbocycles. The first kappa shape index (κ1) is 19.0. The third kappa shape index (κ3) is 3.94. The van der Waals surface area contributed by atoms with Gasteiger partial charge in [-0.15, -0.1) is 5.10 Å². The number of aromatic nitrogens is 5. The van der Waals surface area contributed by atoms with Crippen LogP contribution in [-0.4, -0.2) is 49.0 Å². The van der Waals surface area contributed by atoms with E-state index in [9.17, 15) is 9.18 Å². The van der Waals surface area contributed by atoms with Crippen molar-refractivity contribution >= 4 is 5.91 Å². The molecule has 3 aromatic rings. The van der Waals surface area contributed by atoms with E-state index in [0.29, 0.717) is 25.4 Å². The lowest BCUT2D eigenvalue weighted by molar-refractivity contribution is -0.133. The summed E-state index contributed by atoms with van der Waals surface area (Å²) >= 11 is 0. The van der Waals surface area contributed by atoms with Crippen LogP contribution in [0.25, 0.3) is 5.69 Å². The highest BCUT2D eigenvalue weighted by molar-refractivity contribution is 5.77. The molecule has 0 bridgehead atoms. The third-order valence-electron chi connectivity index (χ3n) is 4.99. The molecule has 0 saturated heterocycles. The van der Waals surface area contributed by atoms with Gasteiger partial charge in [0.05, 0.1) is 17.6 Å². The van der Waals surface area contributed by atoms with Gasteiger partial charge in [-0.2, -0.15) is 0 Å². The van der Waals surface area contributed by atoms with Gasteiger partial charge in [-0.1, -0.05) is 5.21 Å². The Morgan fingerprint density at radius 2 is 2.07 bits per heavy atom. The van der Waals surface area contributed by atoms with Crippen molar-refractivity contribution in [1.29, 1.82) is 0 Å². The molecule has 0 radical (unpaired) electrons. The van der Waals surface area contributed by atoms with Crippen LogP contribution in [0.1, 0.15) is 28.2 Å². The molecule has 0 atom stereocenters. The maximum absolute atomic E-state index is 12.6. The second-order valence-electron chi connectivity index (χ2n) is 6.97. The lowest BCUT2D eigenvalue weighted by Gasteiger charge is -2.28. The van der Waals surface area contributed by atoms with Crippen molar-refractivity contribution in [2.24, 2.45) is 0 Å². The molecule has 0 unspecified atom stereocenters. The molecule has 0 N–H and O–H groups in total. The summed E-state index contributed by atoms with van der Waals surface area (Å²) in [5, 5.41) is 8.34. The minimum Gasteiger partial charge on any atom is -0.471 e. The number of ether oxygens (including phenoxy) is 1. The van der Waals surface area contributed by atoms with Gasteiger partial charge in [0.15, 0.2) is 6.67 Å². The van der Waals surface area contributed by atoms with Gasteiger partial charge in [0, 0.05) is 31.0 Å². The molecule has 0 saturated carbocycles. The van der Waals surface area contributed by atoms with E-state index in [2.05, 4.69) is 20.3 Å². The van der Waals surface area contributed by atoms with Gasteiger partial charge >= 0.3 is 0 Å². The summed E-state index contributed by atoms with van der Waals surface area (Å²) in [6.45, 7) is 3.96.